The summed E-state index contributed by atoms with van der Waals surface area (Å²) in [6.45, 7) is 4.34. The molecule has 1 atom stereocenters. The van der Waals surface area contributed by atoms with Crippen LogP contribution in [0.1, 0.15) is 12.8 Å². The van der Waals surface area contributed by atoms with E-state index in [0.717, 1.165) is 31.7 Å². The third-order valence-corrected chi connectivity index (χ3v) is 4.52. The molecule has 7 nitrogen and oxygen atoms in total. The maximum absolute atomic E-state index is 12.6. The van der Waals surface area contributed by atoms with Gasteiger partial charge in [-0.15, -0.1) is 0 Å². The van der Waals surface area contributed by atoms with E-state index in [1.807, 2.05) is 4.90 Å². The second-order valence-electron chi connectivity index (χ2n) is 5.85. The molecule has 22 heavy (non-hydrogen) atoms. The lowest BCUT2D eigenvalue weighted by atomic mass is 9.91. The summed E-state index contributed by atoms with van der Waals surface area (Å²) in [7, 11) is 0. The summed E-state index contributed by atoms with van der Waals surface area (Å²) >= 11 is 0. The minimum Gasteiger partial charge on any atom is -0.381 e. The number of anilines is 1. The van der Waals surface area contributed by atoms with Crippen LogP contribution in [0.3, 0.4) is 0 Å². The van der Waals surface area contributed by atoms with Crippen LogP contribution in [-0.4, -0.2) is 66.2 Å². The molecular formula is C15H23N5O2. The Morgan fingerprint density at radius 2 is 1.95 bits per heavy atom. The van der Waals surface area contributed by atoms with E-state index in [1.165, 1.54) is 0 Å². The predicted molar refractivity (Wildman–Crippen MR) is 82.3 cm³/mol. The zero-order chi connectivity index (χ0) is 15.4. The van der Waals surface area contributed by atoms with Gasteiger partial charge in [-0.05, 0) is 18.8 Å². The Morgan fingerprint density at radius 3 is 2.59 bits per heavy atom. The van der Waals surface area contributed by atoms with Crippen molar-refractivity contribution in [1.29, 1.82) is 0 Å². The lowest BCUT2D eigenvalue weighted by Gasteiger charge is -2.38. The maximum Gasteiger partial charge on any atom is 0.239 e. The van der Waals surface area contributed by atoms with Crippen LogP contribution in [0.2, 0.25) is 0 Å². The van der Waals surface area contributed by atoms with Crippen molar-refractivity contribution in [2.75, 3.05) is 44.3 Å². The fraction of sp³-hybridized carbons (Fsp3) is 0.667. The summed E-state index contributed by atoms with van der Waals surface area (Å²) in [5.41, 5.74) is 6.19. The topological polar surface area (TPSA) is 84.6 Å². The highest BCUT2D eigenvalue weighted by Crippen LogP contribution is 2.20. The summed E-state index contributed by atoms with van der Waals surface area (Å²) < 4.78 is 5.34. The quantitative estimate of drug-likeness (QED) is 0.838. The summed E-state index contributed by atoms with van der Waals surface area (Å²) in [5, 5.41) is 0. The first-order valence-corrected chi connectivity index (χ1v) is 7.89. The Morgan fingerprint density at radius 1 is 1.23 bits per heavy atom. The summed E-state index contributed by atoms with van der Waals surface area (Å²) in [5.74, 6) is 1.19. The van der Waals surface area contributed by atoms with Gasteiger partial charge in [-0.3, -0.25) is 9.78 Å². The number of amides is 1. The highest BCUT2D eigenvalue weighted by Gasteiger charge is 2.31. The number of carbonyl (C=O) groups excluding carboxylic acids is 1. The zero-order valence-corrected chi connectivity index (χ0v) is 12.7. The third kappa shape index (κ3) is 3.36. The number of ether oxygens (including phenoxy) is 1. The molecule has 2 N–H and O–H groups in total. The van der Waals surface area contributed by atoms with Crippen LogP contribution < -0.4 is 10.6 Å². The van der Waals surface area contributed by atoms with Gasteiger partial charge in [-0.1, -0.05) is 0 Å². The Bertz CT molecular complexity index is 484. The molecule has 3 rings (SSSR count). The van der Waals surface area contributed by atoms with Gasteiger partial charge in [0, 0.05) is 51.8 Å². The highest BCUT2D eigenvalue weighted by molar-refractivity contribution is 5.82. The minimum absolute atomic E-state index is 0.0747. The zero-order valence-electron chi connectivity index (χ0n) is 12.7. The molecule has 2 aliphatic heterocycles. The molecule has 1 amide bonds. The lowest BCUT2D eigenvalue weighted by Crippen LogP contribution is -2.55. The van der Waals surface area contributed by atoms with Crippen molar-refractivity contribution in [3.8, 4) is 0 Å². The number of carbonyl (C=O) groups is 1. The maximum atomic E-state index is 12.6. The van der Waals surface area contributed by atoms with Crippen LogP contribution in [0, 0.1) is 5.92 Å². The molecule has 2 fully saturated rings. The first-order valence-electron chi connectivity index (χ1n) is 7.89. The van der Waals surface area contributed by atoms with Gasteiger partial charge in [0.15, 0.2) is 0 Å². The van der Waals surface area contributed by atoms with Crippen LogP contribution in [-0.2, 0) is 9.53 Å². The lowest BCUT2D eigenvalue weighted by molar-refractivity contribution is -0.135. The van der Waals surface area contributed by atoms with Gasteiger partial charge in [0.05, 0.1) is 12.2 Å². The van der Waals surface area contributed by atoms with Gasteiger partial charge >= 0.3 is 0 Å². The molecule has 3 heterocycles. The van der Waals surface area contributed by atoms with Gasteiger partial charge in [0.2, 0.25) is 5.91 Å². The van der Waals surface area contributed by atoms with Crippen molar-refractivity contribution in [1.82, 2.24) is 14.9 Å². The standard InChI is InChI=1S/C15H23N5O2/c16-14(12-1-9-22-10-2-12)15(21)20-7-5-19(6-8-20)13-11-17-3-4-18-13/h3-4,11-12,14H,1-2,5-10,16H2. The average Bonchev–Trinajstić information content (AvgIpc) is 2.62. The molecule has 0 radical (unpaired) electrons. The smallest absolute Gasteiger partial charge is 0.239 e. The number of piperazine rings is 1. The molecule has 1 aromatic rings. The summed E-state index contributed by atoms with van der Waals surface area (Å²) in [6.07, 6.45) is 6.87. The molecule has 2 aliphatic rings. The van der Waals surface area contributed by atoms with Crippen LogP contribution in [0.5, 0.6) is 0 Å². The fourth-order valence-electron chi connectivity index (χ4n) is 3.10. The fourth-order valence-corrected chi connectivity index (χ4v) is 3.10. The van der Waals surface area contributed by atoms with Gasteiger partial charge in [0.1, 0.15) is 5.82 Å². The van der Waals surface area contributed by atoms with E-state index in [1.54, 1.807) is 18.6 Å². The first kappa shape index (κ1) is 15.2. The monoisotopic (exact) mass is 305 g/mol. The molecule has 1 unspecified atom stereocenters. The van der Waals surface area contributed by atoms with Gasteiger partial charge in [0.25, 0.3) is 0 Å². The number of rotatable bonds is 3. The number of nitrogens with zero attached hydrogens (tertiary/aromatic N) is 4. The van der Waals surface area contributed by atoms with Gasteiger partial charge in [-0.2, -0.15) is 0 Å². The van der Waals surface area contributed by atoms with Crippen LogP contribution >= 0.6 is 0 Å². The second kappa shape index (κ2) is 7.02. The van der Waals surface area contributed by atoms with E-state index in [4.69, 9.17) is 10.5 Å². The van der Waals surface area contributed by atoms with E-state index in [2.05, 4.69) is 14.9 Å². The molecule has 0 saturated carbocycles. The van der Waals surface area contributed by atoms with Crippen molar-refractivity contribution in [3.63, 3.8) is 0 Å². The van der Waals surface area contributed by atoms with E-state index in [-0.39, 0.29) is 11.8 Å². The van der Waals surface area contributed by atoms with E-state index in [0.29, 0.717) is 26.3 Å². The SMILES string of the molecule is NC(C(=O)N1CCN(c2cnccn2)CC1)C1CCOCC1. The van der Waals surface area contributed by atoms with Gasteiger partial charge in [-0.25, -0.2) is 4.98 Å². The predicted octanol–water partition coefficient (Wildman–Crippen LogP) is -0.121. The van der Waals surface area contributed by atoms with Crippen LogP contribution in [0.25, 0.3) is 0 Å². The molecular weight excluding hydrogens is 282 g/mol. The van der Waals surface area contributed by atoms with Gasteiger partial charge < -0.3 is 20.3 Å². The molecule has 2 saturated heterocycles. The highest BCUT2D eigenvalue weighted by atomic mass is 16.5. The molecule has 0 spiro atoms. The van der Waals surface area contributed by atoms with E-state index < -0.39 is 6.04 Å². The van der Waals surface area contributed by atoms with Crippen molar-refractivity contribution >= 4 is 11.7 Å². The number of aromatic nitrogens is 2. The number of hydrogen-bond acceptors (Lipinski definition) is 6. The Kier molecular flexibility index (Phi) is 4.84. The van der Waals surface area contributed by atoms with Crippen molar-refractivity contribution in [2.24, 2.45) is 11.7 Å². The molecule has 120 valence electrons. The second-order valence-corrected chi connectivity index (χ2v) is 5.85. The molecule has 0 aromatic carbocycles. The molecule has 7 heteroatoms. The Labute approximate surface area is 130 Å². The minimum atomic E-state index is -0.396. The largest absolute Gasteiger partial charge is 0.381 e. The Balaban J connectivity index is 1.53. The van der Waals surface area contributed by atoms with E-state index >= 15 is 0 Å². The first-order chi connectivity index (χ1) is 10.8. The number of hydrogen-bond donors (Lipinski definition) is 1. The summed E-state index contributed by atoms with van der Waals surface area (Å²) in [4.78, 5) is 25.0. The van der Waals surface area contributed by atoms with Crippen molar-refractivity contribution in [2.45, 2.75) is 18.9 Å². The van der Waals surface area contributed by atoms with E-state index in [9.17, 15) is 4.79 Å². The van der Waals surface area contributed by atoms with Crippen molar-refractivity contribution in [3.05, 3.63) is 18.6 Å². The number of nitrogens with two attached hydrogens (primary N) is 1. The van der Waals surface area contributed by atoms with Crippen molar-refractivity contribution < 1.29 is 9.53 Å². The molecule has 0 bridgehead atoms. The summed E-state index contributed by atoms with van der Waals surface area (Å²) in [6, 6.07) is -0.396. The van der Waals surface area contributed by atoms with Crippen LogP contribution in [0.4, 0.5) is 5.82 Å². The Hall–Kier alpha value is -1.73. The van der Waals surface area contributed by atoms with Crippen LogP contribution in [0.15, 0.2) is 18.6 Å². The normalized spacial score (nSPS) is 21.7. The molecule has 1 aromatic heterocycles. The average molecular weight is 305 g/mol. The third-order valence-electron chi connectivity index (χ3n) is 4.52. The molecule has 0 aliphatic carbocycles.